The maximum Gasteiger partial charge on any atom is 0.573 e. The maximum absolute atomic E-state index is 14.4. The fourth-order valence-electron chi connectivity index (χ4n) is 8.62. The Morgan fingerprint density at radius 1 is 0.959 bits per heavy atom. The summed E-state index contributed by atoms with van der Waals surface area (Å²) in [4.78, 5) is 56.1. The van der Waals surface area contributed by atoms with Gasteiger partial charge in [-0.1, -0.05) is 57.9 Å². The molecule has 1 N–H and O–H groups in total. The molecule has 4 amide bonds. The predicted octanol–water partition coefficient (Wildman–Crippen LogP) is 5.67. The Kier molecular flexibility index (Phi) is 8.60. The zero-order chi connectivity index (χ0) is 35.0. The van der Waals surface area contributed by atoms with Crippen LogP contribution in [0, 0.1) is 17.8 Å². The van der Waals surface area contributed by atoms with E-state index in [9.17, 15) is 37.5 Å². The normalized spacial score (nSPS) is 32.2. The smallest absolute Gasteiger partial charge is 0.508 e. The molecule has 1 saturated carbocycles. The van der Waals surface area contributed by atoms with Crippen molar-refractivity contribution in [1.82, 2.24) is 14.7 Å². The van der Waals surface area contributed by atoms with Gasteiger partial charge in [-0.25, -0.2) is 0 Å². The van der Waals surface area contributed by atoms with Crippen LogP contribution in [0.15, 0.2) is 60.2 Å². The number of alkyl halides is 6. The Morgan fingerprint density at radius 2 is 1.65 bits per heavy atom. The van der Waals surface area contributed by atoms with Gasteiger partial charge >= 0.3 is 6.36 Å². The van der Waals surface area contributed by atoms with Crippen LogP contribution in [0.2, 0.25) is 0 Å². The summed E-state index contributed by atoms with van der Waals surface area (Å²) in [5.41, 5.74) is 1.02. The zero-order valence-electron chi connectivity index (χ0n) is 25.8. The van der Waals surface area contributed by atoms with Crippen LogP contribution in [-0.2, 0) is 25.7 Å². The Labute approximate surface area is 298 Å². The van der Waals surface area contributed by atoms with Crippen LogP contribution in [0.3, 0.4) is 0 Å². The van der Waals surface area contributed by atoms with Gasteiger partial charge in [-0.3, -0.25) is 33.9 Å². The lowest BCUT2D eigenvalue weighted by molar-refractivity contribution is -0.274. The van der Waals surface area contributed by atoms with Gasteiger partial charge in [-0.2, -0.15) is 0 Å². The highest BCUT2D eigenvalue weighted by Gasteiger charge is 2.76. The van der Waals surface area contributed by atoms with E-state index in [2.05, 4.69) is 25.6 Å². The predicted molar refractivity (Wildman–Crippen MR) is 175 cm³/mol. The van der Waals surface area contributed by atoms with E-state index in [1.165, 1.54) is 4.90 Å². The summed E-state index contributed by atoms with van der Waals surface area (Å²) in [5, 5.41) is 11.1. The van der Waals surface area contributed by atoms with Gasteiger partial charge in [-0.05, 0) is 55.4 Å². The zero-order valence-corrected chi connectivity index (χ0v) is 28.9. The third-order valence-electron chi connectivity index (χ3n) is 10.8. The van der Waals surface area contributed by atoms with Gasteiger partial charge in [0, 0.05) is 37.2 Å². The highest BCUT2D eigenvalue weighted by atomic mass is 79.9. The second-order valence-corrected chi connectivity index (χ2v) is 15.0. The lowest BCUT2D eigenvalue weighted by Crippen LogP contribution is -2.60. The minimum Gasteiger partial charge on any atom is -0.508 e. The van der Waals surface area contributed by atoms with Gasteiger partial charge in [0.15, 0.2) is 9.75 Å². The first-order valence-electron chi connectivity index (χ1n) is 15.9. The van der Waals surface area contributed by atoms with Crippen LogP contribution < -0.4 is 4.74 Å². The molecule has 9 nitrogen and oxygen atoms in total. The van der Waals surface area contributed by atoms with E-state index in [1.807, 2.05) is 30.3 Å². The van der Waals surface area contributed by atoms with Crippen molar-refractivity contribution in [2.45, 2.75) is 60.3 Å². The second kappa shape index (κ2) is 12.3. The molecule has 7 rings (SSSR count). The molecule has 260 valence electrons. The van der Waals surface area contributed by atoms with Crippen molar-refractivity contribution in [2.24, 2.45) is 17.8 Å². The number of benzene rings is 2. The largest absolute Gasteiger partial charge is 0.573 e. The van der Waals surface area contributed by atoms with Crippen LogP contribution in [0.1, 0.15) is 42.7 Å². The van der Waals surface area contributed by atoms with Crippen molar-refractivity contribution >= 4 is 62.8 Å². The minimum atomic E-state index is -5.07. The average molecular weight is 785 g/mol. The number of allylic oxidation sites excluding steroid dienone is 2. The summed E-state index contributed by atoms with van der Waals surface area (Å²) in [7, 11) is 0. The summed E-state index contributed by atoms with van der Waals surface area (Å²) in [6.07, 6.45) is -2.44. The molecule has 4 fully saturated rings. The molecule has 0 aromatic heterocycles. The van der Waals surface area contributed by atoms with Crippen LogP contribution in [0.5, 0.6) is 11.5 Å². The fourth-order valence-corrected chi connectivity index (χ4v) is 10.0. The molecule has 3 heterocycles. The molecule has 3 aliphatic heterocycles. The Morgan fingerprint density at radius 3 is 2.31 bits per heavy atom. The Balaban J connectivity index is 1.24. The number of amides is 4. The molecule has 2 aromatic rings. The number of imide groups is 2. The first-order valence-corrected chi connectivity index (χ1v) is 17.8. The minimum absolute atomic E-state index is 0.0903. The second-order valence-electron chi connectivity index (χ2n) is 13.3. The molecule has 2 aromatic carbocycles. The van der Waals surface area contributed by atoms with Gasteiger partial charge in [0.25, 0.3) is 11.8 Å². The lowest BCUT2D eigenvalue weighted by Gasteiger charge is -2.50. The number of piperidine rings is 1. The maximum atomic E-state index is 14.4. The third-order valence-corrected chi connectivity index (χ3v) is 12.7. The summed E-state index contributed by atoms with van der Waals surface area (Å²) in [6, 6.07) is 12.5. The van der Waals surface area contributed by atoms with Crippen LogP contribution in [0.25, 0.3) is 0 Å². The summed E-state index contributed by atoms with van der Waals surface area (Å²) in [6.45, 7) is 2.10. The van der Waals surface area contributed by atoms with E-state index < -0.39 is 69.0 Å². The van der Waals surface area contributed by atoms with Crippen LogP contribution >= 0.6 is 39.1 Å². The monoisotopic (exact) mass is 783 g/mol. The van der Waals surface area contributed by atoms with Crippen molar-refractivity contribution in [3.63, 3.8) is 0 Å². The molecular formula is C34H31BrCl2F3N3O6. The fraction of sp³-hybridized carbons (Fsp3) is 0.471. The van der Waals surface area contributed by atoms with E-state index in [4.69, 9.17) is 23.2 Å². The van der Waals surface area contributed by atoms with Crippen LogP contribution in [0.4, 0.5) is 13.2 Å². The summed E-state index contributed by atoms with van der Waals surface area (Å²) in [5.74, 6) is -7.74. The summed E-state index contributed by atoms with van der Waals surface area (Å²) < 4.78 is 43.9. The number of ether oxygens (including phenoxy) is 1. The molecule has 15 heteroatoms. The third kappa shape index (κ3) is 5.37. The van der Waals surface area contributed by atoms with Gasteiger partial charge < -0.3 is 9.84 Å². The van der Waals surface area contributed by atoms with Gasteiger partial charge in [0.2, 0.25) is 11.8 Å². The number of likely N-dealkylation sites (tertiary alicyclic amines) is 3. The molecule has 5 aliphatic rings. The molecule has 2 aliphatic carbocycles. The Bertz CT molecular complexity index is 1760. The van der Waals surface area contributed by atoms with Crippen molar-refractivity contribution in [1.29, 1.82) is 0 Å². The van der Waals surface area contributed by atoms with Gasteiger partial charge in [0.1, 0.15) is 11.5 Å². The number of rotatable bonds is 6. The Hall–Kier alpha value is -3.13. The standard InChI is InChI=1S/C34H31BrCl2F3N3O6/c35-17-42-30(47)32(36)15-24-21(27(33(32,37)31(42)48)23-14-20(6-9-25(23)44)49-34(38,39)40)7-8-22-26(24)29(46)43(28(22)45)19-10-12-41(13-11-19)16-18-4-2-1-3-5-18/h1-7,9,14,19,22,24,26-27,44H,8,10-13,15-17H2/t22-,24+,26-,27+,32+,33-/m0/s1. The first-order chi connectivity index (χ1) is 23.2. The quantitative estimate of drug-likeness (QED) is 0.174. The van der Waals surface area contributed by atoms with E-state index >= 15 is 0 Å². The van der Waals surface area contributed by atoms with E-state index in [0.29, 0.717) is 31.5 Å². The highest BCUT2D eigenvalue weighted by molar-refractivity contribution is 9.09. The number of nitrogens with zero attached hydrogens (tertiary/aromatic N) is 3. The highest BCUT2D eigenvalue weighted by Crippen LogP contribution is 2.66. The molecule has 0 unspecified atom stereocenters. The van der Waals surface area contributed by atoms with Crippen molar-refractivity contribution in [3.8, 4) is 11.5 Å². The van der Waals surface area contributed by atoms with E-state index in [0.717, 1.165) is 35.2 Å². The number of phenols is 1. The molecule has 0 spiro atoms. The van der Waals surface area contributed by atoms with Crippen molar-refractivity contribution < 1.29 is 42.2 Å². The molecule has 49 heavy (non-hydrogen) atoms. The average Bonchev–Trinajstić information content (AvgIpc) is 3.40. The van der Waals surface area contributed by atoms with E-state index in [-0.39, 0.29) is 35.8 Å². The van der Waals surface area contributed by atoms with Gasteiger partial charge in [-0.15, -0.1) is 36.4 Å². The summed E-state index contributed by atoms with van der Waals surface area (Å²) >= 11 is 17.5. The number of halogens is 6. The van der Waals surface area contributed by atoms with E-state index in [1.54, 1.807) is 6.08 Å². The number of fused-ring (bicyclic) bond motifs is 4. The molecule has 3 saturated heterocycles. The number of carbonyl (C=O) groups is 4. The van der Waals surface area contributed by atoms with Crippen LogP contribution in [-0.4, -0.2) is 84.1 Å². The number of aromatic hydroxyl groups is 1. The van der Waals surface area contributed by atoms with Crippen molar-refractivity contribution in [3.05, 3.63) is 71.3 Å². The lowest BCUT2D eigenvalue weighted by atomic mass is 9.56. The SMILES string of the molecule is O=C1[C@H]2[C@H](CC=C3[C@H]2C[C@@]2(Cl)C(=O)N(CBr)C(=O)[C@@]2(Cl)[C@H]3c2cc(OC(F)(F)F)ccc2O)C(=O)N1C1CCN(Cc2ccccc2)CC1. The number of carbonyl (C=O) groups excluding carboxylic acids is 4. The molecule has 0 bridgehead atoms. The molecule has 6 atom stereocenters. The number of phenolic OH excluding ortho intramolecular Hbond substituents is 1. The number of hydrogen-bond acceptors (Lipinski definition) is 7. The first kappa shape index (κ1) is 34.3. The molecular weight excluding hydrogens is 754 g/mol. The molecule has 0 radical (unpaired) electrons. The van der Waals surface area contributed by atoms with Gasteiger partial charge in [0.05, 0.1) is 17.3 Å². The van der Waals surface area contributed by atoms with Crippen molar-refractivity contribution in [2.75, 3.05) is 18.5 Å². The topological polar surface area (TPSA) is 107 Å². The number of hydrogen-bond donors (Lipinski definition) is 1.